The Morgan fingerprint density at radius 3 is 2.90 bits per heavy atom. The van der Waals surface area contributed by atoms with E-state index in [1.54, 1.807) is 11.8 Å². The molecule has 2 aromatic rings. The molecular weight excluding hydrogens is 282 g/mol. The Balaban J connectivity index is 1.87. The normalized spacial score (nSPS) is 17.7. The second-order valence-electron chi connectivity index (χ2n) is 5.66. The Bertz CT molecular complexity index is 608. The summed E-state index contributed by atoms with van der Waals surface area (Å²) in [5, 5.41) is 13.2. The number of thioether (sulfide) groups is 1. The molecule has 1 heterocycles. The van der Waals surface area contributed by atoms with Crippen molar-refractivity contribution in [2.24, 2.45) is 5.73 Å². The fourth-order valence-corrected chi connectivity index (χ4v) is 3.64. The molecule has 3 rings (SSSR count). The lowest BCUT2D eigenvalue weighted by Gasteiger charge is -2.22. The van der Waals surface area contributed by atoms with Gasteiger partial charge in [-0.3, -0.25) is 0 Å². The maximum Gasteiger partial charge on any atom is 0.210 e. The van der Waals surface area contributed by atoms with Crippen LogP contribution in [-0.2, 0) is 0 Å². The molecule has 1 fully saturated rings. The van der Waals surface area contributed by atoms with Crippen LogP contribution in [0.4, 0.5) is 0 Å². The van der Waals surface area contributed by atoms with Crippen molar-refractivity contribution in [2.45, 2.75) is 55.6 Å². The van der Waals surface area contributed by atoms with Gasteiger partial charge >= 0.3 is 0 Å². The molecule has 1 aromatic carbocycles. The highest BCUT2D eigenvalue weighted by Gasteiger charge is 2.30. The van der Waals surface area contributed by atoms with Crippen LogP contribution in [0, 0.1) is 6.92 Å². The van der Waals surface area contributed by atoms with E-state index in [2.05, 4.69) is 53.6 Å². The van der Waals surface area contributed by atoms with Gasteiger partial charge in [0, 0.05) is 6.04 Å². The van der Waals surface area contributed by atoms with E-state index < -0.39 is 0 Å². The van der Waals surface area contributed by atoms with E-state index in [0.717, 1.165) is 11.6 Å². The Morgan fingerprint density at radius 1 is 1.43 bits per heavy atom. The van der Waals surface area contributed by atoms with Gasteiger partial charge in [-0.25, -0.2) is 4.68 Å². The van der Waals surface area contributed by atoms with Gasteiger partial charge in [-0.2, -0.15) is 0 Å². The highest BCUT2D eigenvalue weighted by molar-refractivity contribution is 7.99. The van der Waals surface area contributed by atoms with Gasteiger partial charge in [0.15, 0.2) is 0 Å². The van der Waals surface area contributed by atoms with Crippen molar-refractivity contribution >= 4 is 11.8 Å². The summed E-state index contributed by atoms with van der Waals surface area (Å²) in [6.45, 7) is 4.23. The lowest BCUT2D eigenvalue weighted by molar-refractivity contribution is 0.561. The highest BCUT2D eigenvalue weighted by Crippen LogP contribution is 2.41. The molecule has 2 unspecified atom stereocenters. The standard InChI is InChI=1S/C15H21N5S/c1-3-13(16)14(11-6-4-5-10(2)9-11)21-15-17-18-19-20(15)12-7-8-12/h4-6,9,12-14H,3,7-8,16H2,1-2H3. The third-order valence-electron chi connectivity index (χ3n) is 3.82. The van der Waals surface area contributed by atoms with Crippen LogP contribution in [0.5, 0.6) is 0 Å². The Hall–Kier alpha value is -1.40. The van der Waals surface area contributed by atoms with Gasteiger partial charge in [0.25, 0.3) is 0 Å². The first-order valence-corrected chi connectivity index (χ1v) is 8.33. The molecule has 1 saturated carbocycles. The number of hydrogen-bond donors (Lipinski definition) is 1. The van der Waals surface area contributed by atoms with E-state index in [0.29, 0.717) is 6.04 Å². The summed E-state index contributed by atoms with van der Waals surface area (Å²) in [4.78, 5) is 0. The van der Waals surface area contributed by atoms with Crippen LogP contribution in [0.2, 0.25) is 0 Å². The number of aromatic nitrogens is 4. The van der Waals surface area contributed by atoms with E-state index in [-0.39, 0.29) is 11.3 Å². The summed E-state index contributed by atoms with van der Waals surface area (Å²) < 4.78 is 1.95. The summed E-state index contributed by atoms with van der Waals surface area (Å²) in [6.07, 6.45) is 3.28. The lowest BCUT2D eigenvalue weighted by Crippen LogP contribution is -2.26. The van der Waals surface area contributed by atoms with Crippen LogP contribution in [-0.4, -0.2) is 26.2 Å². The molecule has 2 N–H and O–H groups in total. The van der Waals surface area contributed by atoms with Crippen molar-refractivity contribution in [3.05, 3.63) is 35.4 Å². The largest absolute Gasteiger partial charge is 0.326 e. The first kappa shape index (κ1) is 14.5. The quantitative estimate of drug-likeness (QED) is 0.831. The summed E-state index contributed by atoms with van der Waals surface area (Å²) in [5.74, 6) is 0. The number of benzene rings is 1. The van der Waals surface area contributed by atoms with Crippen LogP contribution < -0.4 is 5.73 Å². The van der Waals surface area contributed by atoms with E-state index in [9.17, 15) is 0 Å². The zero-order chi connectivity index (χ0) is 14.8. The molecule has 1 aromatic heterocycles. The first-order chi connectivity index (χ1) is 10.2. The van der Waals surface area contributed by atoms with Crippen molar-refractivity contribution in [1.82, 2.24) is 20.2 Å². The van der Waals surface area contributed by atoms with Crippen LogP contribution in [0.3, 0.4) is 0 Å². The van der Waals surface area contributed by atoms with Crippen LogP contribution >= 0.6 is 11.8 Å². The Kier molecular flexibility index (Phi) is 4.26. The second kappa shape index (κ2) is 6.15. The lowest BCUT2D eigenvalue weighted by atomic mass is 10.0. The summed E-state index contributed by atoms with van der Waals surface area (Å²) in [7, 11) is 0. The maximum atomic E-state index is 6.36. The van der Waals surface area contributed by atoms with Crippen molar-refractivity contribution in [1.29, 1.82) is 0 Å². The monoisotopic (exact) mass is 303 g/mol. The molecule has 112 valence electrons. The second-order valence-corrected chi connectivity index (χ2v) is 6.77. The third-order valence-corrected chi connectivity index (χ3v) is 5.17. The number of hydrogen-bond acceptors (Lipinski definition) is 5. The summed E-state index contributed by atoms with van der Waals surface area (Å²) in [6, 6.07) is 9.12. The summed E-state index contributed by atoms with van der Waals surface area (Å²) >= 11 is 1.69. The molecule has 1 aliphatic carbocycles. The van der Waals surface area contributed by atoms with E-state index >= 15 is 0 Å². The molecule has 0 bridgehead atoms. The van der Waals surface area contributed by atoms with Gasteiger partial charge in [0.05, 0.1) is 11.3 Å². The topological polar surface area (TPSA) is 69.6 Å². The van der Waals surface area contributed by atoms with E-state index in [1.807, 2.05) is 4.68 Å². The van der Waals surface area contributed by atoms with Crippen molar-refractivity contribution in [3.8, 4) is 0 Å². The highest BCUT2D eigenvalue weighted by atomic mass is 32.2. The number of nitrogens with zero attached hydrogens (tertiary/aromatic N) is 4. The molecule has 0 aliphatic heterocycles. The zero-order valence-corrected chi connectivity index (χ0v) is 13.3. The molecule has 0 radical (unpaired) electrons. The molecular formula is C15H21N5S. The van der Waals surface area contributed by atoms with E-state index in [1.165, 1.54) is 24.0 Å². The van der Waals surface area contributed by atoms with Crippen LogP contribution in [0.15, 0.2) is 29.4 Å². The number of rotatable bonds is 6. The first-order valence-electron chi connectivity index (χ1n) is 7.45. The van der Waals surface area contributed by atoms with Crippen molar-refractivity contribution in [2.75, 3.05) is 0 Å². The van der Waals surface area contributed by atoms with Gasteiger partial charge in [-0.15, -0.1) is 5.10 Å². The third kappa shape index (κ3) is 3.27. The predicted octanol–water partition coefficient (Wildman–Crippen LogP) is 2.89. The fraction of sp³-hybridized carbons (Fsp3) is 0.533. The van der Waals surface area contributed by atoms with Crippen molar-refractivity contribution in [3.63, 3.8) is 0 Å². The smallest absolute Gasteiger partial charge is 0.210 e. The average Bonchev–Trinajstić information content (AvgIpc) is 3.23. The molecule has 1 aliphatic rings. The molecule has 2 atom stereocenters. The Morgan fingerprint density at radius 2 is 2.24 bits per heavy atom. The van der Waals surface area contributed by atoms with Crippen LogP contribution in [0.1, 0.15) is 48.6 Å². The van der Waals surface area contributed by atoms with Gasteiger partial charge < -0.3 is 5.73 Å². The average molecular weight is 303 g/mol. The SMILES string of the molecule is CCC(N)C(Sc1nnnn1C1CC1)c1cccc(C)c1. The maximum absolute atomic E-state index is 6.36. The number of nitrogens with two attached hydrogens (primary N) is 1. The zero-order valence-electron chi connectivity index (χ0n) is 12.4. The number of aryl methyl sites for hydroxylation is 1. The predicted molar refractivity (Wildman–Crippen MR) is 84.1 cm³/mol. The summed E-state index contributed by atoms with van der Waals surface area (Å²) in [5.41, 5.74) is 8.86. The van der Waals surface area contributed by atoms with Gasteiger partial charge in [-0.05, 0) is 42.2 Å². The fourth-order valence-electron chi connectivity index (χ4n) is 2.39. The molecule has 5 nitrogen and oxygen atoms in total. The molecule has 21 heavy (non-hydrogen) atoms. The minimum absolute atomic E-state index is 0.0844. The van der Waals surface area contributed by atoms with Gasteiger partial charge in [0.2, 0.25) is 5.16 Å². The minimum Gasteiger partial charge on any atom is -0.326 e. The van der Waals surface area contributed by atoms with Gasteiger partial charge in [-0.1, -0.05) is 48.5 Å². The number of tetrazole rings is 1. The van der Waals surface area contributed by atoms with E-state index in [4.69, 9.17) is 5.73 Å². The molecule has 0 spiro atoms. The Labute approximate surface area is 129 Å². The molecule has 6 heteroatoms. The van der Waals surface area contributed by atoms with Crippen molar-refractivity contribution < 1.29 is 0 Å². The minimum atomic E-state index is 0.0844. The molecule has 0 saturated heterocycles. The van der Waals surface area contributed by atoms with Crippen LogP contribution in [0.25, 0.3) is 0 Å². The molecule has 0 amide bonds. The van der Waals surface area contributed by atoms with Gasteiger partial charge in [0.1, 0.15) is 0 Å².